The summed E-state index contributed by atoms with van der Waals surface area (Å²) in [7, 11) is 1.48. The van der Waals surface area contributed by atoms with E-state index in [9.17, 15) is 24.3 Å². The number of hydrogen-bond acceptors (Lipinski definition) is 6. The molecule has 1 heterocycles. The molecule has 1 aliphatic heterocycles. The molecule has 3 aliphatic carbocycles. The van der Waals surface area contributed by atoms with E-state index in [1.807, 2.05) is 18.2 Å². The first-order valence-electron chi connectivity index (χ1n) is 12.4. The van der Waals surface area contributed by atoms with Crippen LogP contribution >= 0.6 is 22.6 Å². The van der Waals surface area contributed by atoms with Gasteiger partial charge in [-0.15, -0.1) is 0 Å². The third-order valence-corrected chi connectivity index (χ3v) is 8.89. The van der Waals surface area contributed by atoms with Gasteiger partial charge in [0.2, 0.25) is 11.8 Å². The smallest absolute Gasteiger partial charge is 0.238 e. The van der Waals surface area contributed by atoms with Gasteiger partial charge in [0.15, 0.2) is 11.6 Å². The summed E-state index contributed by atoms with van der Waals surface area (Å²) < 4.78 is 6.57. The fraction of sp³-hybridized carbons (Fsp3) is 0.267. The number of ketones is 2. The number of hydrogen-bond donors (Lipinski definition) is 1. The Hall–Kier alpha value is -3.53. The lowest BCUT2D eigenvalue weighted by atomic mass is 9.59. The molecule has 2 aromatic carbocycles. The Balaban J connectivity index is 1.51. The zero-order valence-corrected chi connectivity index (χ0v) is 22.9. The first kappa shape index (κ1) is 24.8. The Morgan fingerprint density at radius 1 is 1.00 bits per heavy atom. The Morgan fingerprint density at radius 2 is 1.74 bits per heavy atom. The van der Waals surface area contributed by atoms with Crippen molar-refractivity contribution in [3.8, 4) is 11.5 Å². The van der Waals surface area contributed by atoms with E-state index >= 15 is 0 Å². The summed E-state index contributed by atoms with van der Waals surface area (Å²) in [4.78, 5) is 55.5. The Morgan fingerprint density at radius 3 is 2.45 bits per heavy atom. The van der Waals surface area contributed by atoms with Crippen LogP contribution < -0.4 is 9.64 Å². The number of allylic oxidation sites excluding steroid dienone is 6. The van der Waals surface area contributed by atoms with E-state index in [1.165, 1.54) is 30.2 Å². The number of aromatic hydroxyl groups is 1. The molecule has 1 N–H and O–H groups in total. The van der Waals surface area contributed by atoms with Crippen LogP contribution in [0.25, 0.3) is 0 Å². The second-order valence-corrected chi connectivity index (χ2v) is 11.4. The van der Waals surface area contributed by atoms with Gasteiger partial charge < -0.3 is 9.84 Å². The highest BCUT2D eigenvalue weighted by Gasteiger charge is 2.56. The highest BCUT2D eigenvalue weighted by molar-refractivity contribution is 14.1. The van der Waals surface area contributed by atoms with Crippen LogP contribution in [0, 0.1) is 21.3 Å². The van der Waals surface area contributed by atoms with Crippen molar-refractivity contribution in [2.45, 2.75) is 25.7 Å². The van der Waals surface area contributed by atoms with Crippen molar-refractivity contribution in [3.05, 3.63) is 86.0 Å². The summed E-state index contributed by atoms with van der Waals surface area (Å²) in [5, 5.41) is 10.1. The predicted molar refractivity (Wildman–Crippen MR) is 148 cm³/mol. The van der Waals surface area contributed by atoms with Crippen molar-refractivity contribution in [3.63, 3.8) is 0 Å². The number of halogens is 1. The number of methoxy groups -OCH3 is 1. The normalized spacial score (nSPS) is 26.6. The lowest BCUT2D eigenvalue weighted by Gasteiger charge is -2.42. The molecule has 0 spiro atoms. The molecule has 0 radical (unpaired) electrons. The van der Waals surface area contributed by atoms with Crippen molar-refractivity contribution in [2.24, 2.45) is 17.8 Å². The number of imide groups is 1. The molecule has 4 unspecified atom stereocenters. The highest BCUT2D eigenvalue weighted by Crippen LogP contribution is 2.56. The van der Waals surface area contributed by atoms with Gasteiger partial charge in [-0.2, -0.15) is 0 Å². The minimum absolute atomic E-state index is 0.0105. The zero-order chi connectivity index (χ0) is 26.9. The van der Waals surface area contributed by atoms with Gasteiger partial charge in [0.1, 0.15) is 11.5 Å². The summed E-state index contributed by atoms with van der Waals surface area (Å²) >= 11 is 2.17. The number of nitrogens with zero attached hydrogens (tertiary/aromatic N) is 1. The standard InChI is InChI=1S/C30H24INO6/c1-14-11-23(34)27-22(28(14)35)13-21-18(25(27)19-8-7-17(33)12-24(19)38-2)9-10-20-26(21)30(37)32(29(20)36)16-5-3-15(31)4-6-16/h3-9,11-12,20-21,25-26,33H,10,13H2,1-2H3. The number of phenols is 1. The monoisotopic (exact) mass is 621 g/mol. The topological polar surface area (TPSA) is 101 Å². The largest absolute Gasteiger partial charge is 0.508 e. The maximum Gasteiger partial charge on any atom is 0.238 e. The summed E-state index contributed by atoms with van der Waals surface area (Å²) in [6.45, 7) is 1.62. The van der Waals surface area contributed by atoms with Crippen LogP contribution in [0.15, 0.2) is 76.9 Å². The molecule has 1 saturated heterocycles. The number of phenolic OH excluding ortho intramolecular Hbond substituents is 1. The van der Waals surface area contributed by atoms with Crippen LogP contribution in [0.2, 0.25) is 0 Å². The van der Waals surface area contributed by atoms with E-state index in [-0.39, 0.29) is 35.6 Å². The molecule has 0 bridgehead atoms. The molecule has 4 atom stereocenters. The van der Waals surface area contributed by atoms with Crippen LogP contribution in [-0.4, -0.2) is 35.6 Å². The third kappa shape index (κ3) is 3.60. The number of carbonyl (C=O) groups is 4. The lowest BCUT2D eigenvalue weighted by molar-refractivity contribution is -0.123. The maximum atomic E-state index is 13.9. The number of carbonyl (C=O) groups excluding carboxylic acids is 4. The zero-order valence-electron chi connectivity index (χ0n) is 20.7. The number of anilines is 1. The number of amides is 2. The average molecular weight is 621 g/mol. The highest BCUT2D eigenvalue weighted by atomic mass is 127. The second kappa shape index (κ2) is 9.04. The van der Waals surface area contributed by atoms with E-state index in [0.29, 0.717) is 40.1 Å². The average Bonchev–Trinajstić information content (AvgIpc) is 3.16. The summed E-state index contributed by atoms with van der Waals surface area (Å²) in [6, 6.07) is 11.9. The van der Waals surface area contributed by atoms with Crippen LogP contribution in [0.1, 0.15) is 31.2 Å². The van der Waals surface area contributed by atoms with E-state index in [2.05, 4.69) is 22.6 Å². The molecule has 1 fully saturated rings. The van der Waals surface area contributed by atoms with Crippen molar-refractivity contribution >= 4 is 51.7 Å². The first-order valence-corrected chi connectivity index (χ1v) is 13.5. The number of rotatable bonds is 3. The van der Waals surface area contributed by atoms with Crippen LogP contribution in [0.3, 0.4) is 0 Å². The first-order chi connectivity index (χ1) is 18.2. The molecule has 2 aromatic rings. The molecule has 6 rings (SSSR count). The lowest BCUT2D eigenvalue weighted by Crippen LogP contribution is -2.39. The van der Waals surface area contributed by atoms with Crippen LogP contribution in [0.4, 0.5) is 5.69 Å². The second-order valence-electron chi connectivity index (χ2n) is 10.1. The summed E-state index contributed by atoms with van der Waals surface area (Å²) in [6.07, 6.45) is 3.92. The predicted octanol–water partition coefficient (Wildman–Crippen LogP) is 4.64. The van der Waals surface area contributed by atoms with Gasteiger partial charge in [0.05, 0.1) is 24.6 Å². The molecule has 4 aliphatic rings. The molecule has 7 nitrogen and oxygen atoms in total. The van der Waals surface area contributed by atoms with Crippen LogP contribution in [-0.2, 0) is 19.2 Å². The molecule has 2 amide bonds. The van der Waals surface area contributed by atoms with E-state index in [1.54, 1.807) is 25.1 Å². The quantitative estimate of drug-likeness (QED) is 0.232. The molecule has 8 heteroatoms. The van der Waals surface area contributed by atoms with E-state index in [0.717, 1.165) is 9.14 Å². The van der Waals surface area contributed by atoms with Gasteiger partial charge in [-0.1, -0.05) is 17.7 Å². The van der Waals surface area contributed by atoms with Crippen molar-refractivity contribution in [1.82, 2.24) is 0 Å². The SMILES string of the molecule is COc1cc(O)ccc1C1C2=CCC3C(=O)N(c4ccc(I)cc4)C(=O)C3C2CC2=C1C(=O)C=C(C)C2=O. The number of fused-ring (bicyclic) bond motifs is 3. The van der Waals surface area contributed by atoms with Gasteiger partial charge in [0, 0.05) is 37.8 Å². The molecule has 0 saturated carbocycles. The van der Waals surface area contributed by atoms with Gasteiger partial charge >= 0.3 is 0 Å². The van der Waals surface area contributed by atoms with E-state index in [4.69, 9.17) is 4.74 Å². The van der Waals surface area contributed by atoms with Crippen molar-refractivity contribution in [1.29, 1.82) is 0 Å². The van der Waals surface area contributed by atoms with Crippen LogP contribution in [0.5, 0.6) is 11.5 Å². The number of benzene rings is 2. The molecule has 38 heavy (non-hydrogen) atoms. The molecular weight excluding hydrogens is 597 g/mol. The number of Topliss-reactive ketones (excluding diaryl/α,β-unsaturated/α-hetero) is 1. The number of ether oxygens (including phenoxy) is 1. The Kier molecular flexibility index (Phi) is 5.90. The third-order valence-electron chi connectivity index (χ3n) is 8.18. The Labute approximate surface area is 233 Å². The van der Waals surface area contributed by atoms with Gasteiger partial charge in [-0.05, 0) is 84.7 Å². The van der Waals surface area contributed by atoms with Gasteiger partial charge in [-0.3, -0.25) is 24.1 Å². The van der Waals surface area contributed by atoms with Crippen molar-refractivity contribution < 1.29 is 29.0 Å². The molecule has 0 aromatic heterocycles. The van der Waals surface area contributed by atoms with Gasteiger partial charge in [0.25, 0.3) is 0 Å². The van der Waals surface area contributed by atoms with Crippen molar-refractivity contribution in [2.75, 3.05) is 12.0 Å². The summed E-state index contributed by atoms with van der Waals surface area (Å²) in [5.41, 5.74) is 3.15. The summed E-state index contributed by atoms with van der Waals surface area (Å²) in [5.74, 6) is -2.82. The van der Waals surface area contributed by atoms with Gasteiger partial charge in [-0.25, -0.2) is 0 Å². The Bertz CT molecular complexity index is 1530. The molecule has 192 valence electrons. The maximum absolute atomic E-state index is 13.9. The van der Waals surface area contributed by atoms with E-state index < -0.39 is 23.7 Å². The minimum atomic E-state index is -0.643. The fourth-order valence-electron chi connectivity index (χ4n) is 6.52. The molecular formula is C30H24INO6. The minimum Gasteiger partial charge on any atom is -0.508 e. The fourth-order valence-corrected chi connectivity index (χ4v) is 6.88.